The molecular weight excluding hydrogens is 260 g/mol. The molecule has 0 saturated heterocycles. The highest BCUT2D eigenvalue weighted by Crippen LogP contribution is 2.29. The Labute approximate surface area is 116 Å². The van der Waals surface area contributed by atoms with Crippen LogP contribution in [0.2, 0.25) is 0 Å². The van der Waals surface area contributed by atoms with Gasteiger partial charge in [-0.3, -0.25) is 0 Å². The summed E-state index contributed by atoms with van der Waals surface area (Å²) in [6, 6.07) is 9.60. The molecule has 0 saturated carbocycles. The van der Waals surface area contributed by atoms with Crippen molar-refractivity contribution in [1.82, 2.24) is 0 Å². The van der Waals surface area contributed by atoms with E-state index in [-0.39, 0.29) is 0 Å². The largest absolute Gasteiger partial charge is 0.497 e. The number of nitriles is 1. The van der Waals surface area contributed by atoms with Crippen molar-refractivity contribution in [3.63, 3.8) is 0 Å². The SMILES string of the molecule is COc1ccc(OC)c(NCc2cc(C#N)cs2)c1. The summed E-state index contributed by atoms with van der Waals surface area (Å²) in [5.74, 6) is 1.53. The minimum atomic E-state index is 0.649. The van der Waals surface area contributed by atoms with Crippen LogP contribution in [-0.2, 0) is 6.54 Å². The highest BCUT2D eigenvalue weighted by atomic mass is 32.1. The van der Waals surface area contributed by atoms with Gasteiger partial charge in [-0.2, -0.15) is 5.26 Å². The van der Waals surface area contributed by atoms with Crippen LogP contribution in [0.15, 0.2) is 29.6 Å². The lowest BCUT2D eigenvalue weighted by Gasteiger charge is -2.11. The molecule has 98 valence electrons. The van der Waals surface area contributed by atoms with Crippen molar-refractivity contribution in [3.05, 3.63) is 40.1 Å². The van der Waals surface area contributed by atoms with Crippen LogP contribution in [0.3, 0.4) is 0 Å². The van der Waals surface area contributed by atoms with Crippen molar-refractivity contribution in [3.8, 4) is 17.6 Å². The molecule has 0 aliphatic heterocycles. The topological polar surface area (TPSA) is 54.3 Å². The van der Waals surface area contributed by atoms with E-state index < -0.39 is 0 Å². The van der Waals surface area contributed by atoms with E-state index in [1.807, 2.05) is 29.6 Å². The first-order valence-electron chi connectivity index (χ1n) is 5.70. The Morgan fingerprint density at radius 3 is 2.74 bits per heavy atom. The highest BCUT2D eigenvalue weighted by Gasteiger charge is 2.05. The summed E-state index contributed by atoms with van der Waals surface area (Å²) in [6.45, 7) is 0.649. The van der Waals surface area contributed by atoms with Gasteiger partial charge in [0, 0.05) is 22.9 Å². The van der Waals surface area contributed by atoms with Crippen molar-refractivity contribution in [1.29, 1.82) is 5.26 Å². The van der Waals surface area contributed by atoms with Gasteiger partial charge in [-0.1, -0.05) is 0 Å². The van der Waals surface area contributed by atoms with Gasteiger partial charge in [0.25, 0.3) is 0 Å². The molecule has 2 aromatic rings. The van der Waals surface area contributed by atoms with Gasteiger partial charge < -0.3 is 14.8 Å². The van der Waals surface area contributed by atoms with E-state index in [1.54, 1.807) is 25.6 Å². The second-order valence-electron chi connectivity index (χ2n) is 3.83. The average Bonchev–Trinajstić information content (AvgIpc) is 2.92. The lowest BCUT2D eigenvalue weighted by atomic mass is 10.2. The smallest absolute Gasteiger partial charge is 0.142 e. The molecule has 2 rings (SSSR count). The maximum Gasteiger partial charge on any atom is 0.142 e. The number of nitrogens with zero attached hydrogens (tertiary/aromatic N) is 1. The Hall–Kier alpha value is -2.19. The molecule has 0 fully saturated rings. The highest BCUT2D eigenvalue weighted by molar-refractivity contribution is 7.10. The van der Waals surface area contributed by atoms with Crippen LogP contribution < -0.4 is 14.8 Å². The van der Waals surface area contributed by atoms with E-state index in [0.29, 0.717) is 12.1 Å². The standard InChI is InChI=1S/C14H14N2O2S/c1-17-11-3-4-14(18-2)13(6-11)16-8-12-5-10(7-15)9-19-12/h3-6,9,16H,8H2,1-2H3. The number of thiophene rings is 1. The first kappa shape index (κ1) is 13.2. The van der Waals surface area contributed by atoms with E-state index in [1.165, 1.54) is 0 Å². The van der Waals surface area contributed by atoms with Gasteiger partial charge >= 0.3 is 0 Å². The molecule has 0 radical (unpaired) electrons. The number of benzene rings is 1. The van der Waals surface area contributed by atoms with E-state index in [9.17, 15) is 0 Å². The second-order valence-corrected chi connectivity index (χ2v) is 4.83. The van der Waals surface area contributed by atoms with Gasteiger partial charge in [0.2, 0.25) is 0 Å². The number of methoxy groups -OCH3 is 2. The lowest BCUT2D eigenvalue weighted by Crippen LogP contribution is -2.00. The molecule has 4 nitrogen and oxygen atoms in total. The Morgan fingerprint density at radius 2 is 2.11 bits per heavy atom. The van der Waals surface area contributed by atoms with Gasteiger partial charge in [-0.25, -0.2) is 0 Å². The fourth-order valence-corrected chi connectivity index (χ4v) is 2.42. The summed E-state index contributed by atoms with van der Waals surface area (Å²) < 4.78 is 10.5. The van der Waals surface area contributed by atoms with Crippen molar-refractivity contribution in [2.24, 2.45) is 0 Å². The molecule has 0 aliphatic carbocycles. The predicted octanol–water partition coefficient (Wildman–Crippen LogP) is 3.25. The number of hydrogen-bond acceptors (Lipinski definition) is 5. The van der Waals surface area contributed by atoms with E-state index >= 15 is 0 Å². The van der Waals surface area contributed by atoms with Crippen LogP contribution in [0.4, 0.5) is 5.69 Å². The fourth-order valence-electron chi connectivity index (χ4n) is 1.67. The van der Waals surface area contributed by atoms with E-state index in [2.05, 4.69) is 11.4 Å². The molecule has 0 aliphatic rings. The van der Waals surface area contributed by atoms with Crippen molar-refractivity contribution < 1.29 is 9.47 Å². The fraction of sp³-hybridized carbons (Fsp3) is 0.214. The molecule has 1 N–H and O–H groups in total. The first-order chi connectivity index (χ1) is 9.26. The Bertz CT molecular complexity index is 602. The van der Waals surface area contributed by atoms with Gasteiger partial charge in [0.1, 0.15) is 17.6 Å². The number of nitrogens with one attached hydrogen (secondary N) is 1. The molecule has 1 aromatic carbocycles. The van der Waals surface area contributed by atoms with E-state index in [4.69, 9.17) is 14.7 Å². The van der Waals surface area contributed by atoms with Gasteiger partial charge in [0.15, 0.2) is 0 Å². The summed E-state index contributed by atoms with van der Waals surface area (Å²) in [4.78, 5) is 1.10. The number of hydrogen-bond donors (Lipinski definition) is 1. The van der Waals surface area contributed by atoms with Crippen LogP contribution in [0.25, 0.3) is 0 Å². The summed E-state index contributed by atoms with van der Waals surface area (Å²) >= 11 is 1.56. The molecule has 0 bridgehead atoms. The number of anilines is 1. The third-order valence-corrected chi connectivity index (χ3v) is 3.58. The van der Waals surface area contributed by atoms with Crippen molar-refractivity contribution in [2.45, 2.75) is 6.54 Å². The normalized spacial score (nSPS) is 9.74. The summed E-state index contributed by atoms with van der Waals surface area (Å²) in [6.07, 6.45) is 0. The summed E-state index contributed by atoms with van der Waals surface area (Å²) in [5.41, 5.74) is 1.56. The Kier molecular flexibility index (Phi) is 4.26. The molecule has 5 heteroatoms. The maximum absolute atomic E-state index is 8.79. The lowest BCUT2D eigenvalue weighted by molar-refractivity contribution is 0.404. The molecule has 0 atom stereocenters. The zero-order valence-corrected chi connectivity index (χ0v) is 11.6. The molecule has 19 heavy (non-hydrogen) atoms. The van der Waals surface area contributed by atoms with Gasteiger partial charge in [-0.15, -0.1) is 11.3 Å². The summed E-state index contributed by atoms with van der Waals surface area (Å²) in [5, 5.41) is 13.9. The van der Waals surface area contributed by atoms with Crippen molar-refractivity contribution in [2.75, 3.05) is 19.5 Å². The molecule has 1 aromatic heterocycles. The Morgan fingerprint density at radius 1 is 1.26 bits per heavy atom. The van der Waals surface area contributed by atoms with E-state index in [0.717, 1.165) is 22.1 Å². The maximum atomic E-state index is 8.79. The second kappa shape index (κ2) is 6.12. The first-order valence-corrected chi connectivity index (χ1v) is 6.58. The Balaban J connectivity index is 2.11. The van der Waals surface area contributed by atoms with Crippen LogP contribution in [0.1, 0.15) is 10.4 Å². The van der Waals surface area contributed by atoms with Crippen LogP contribution >= 0.6 is 11.3 Å². The van der Waals surface area contributed by atoms with Crippen LogP contribution in [-0.4, -0.2) is 14.2 Å². The predicted molar refractivity (Wildman–Crippen MR) is 75.9 cm³/mol. The third-order valence-electron chi connectivity index (χ3n) is 2.64. The minimum Gasteiger partial charge on any atom is -0.497 e. The summed E-state index contributed by atoms with van der Waals surface area (Å²) in [7, 11) is 3.26. The van der Waals surface area contributed by atoms with Gasteiger partial charge in [0.05, 0.1) is 25.5 Å². The zero-order chi connectivity index (χ0) is 13.7. The van der Waals surface area contributed by atoms with Crippen LogP contribution in [0.5, 0.6) is 11.5 Å². The average molecular weight is 274 g/mol. The molecule has 1 heterocycles. The third kappa shape index (κ3) is 3.18. The number of rotatable bonds is 5. The molecule has 0 spiro atoms. The van der Waals surface area contributed by atoms with Crippen LogP contribution in [0, 0.1) is 11.3 Å². The zero-order valence-electron chi connectivity index (χ0n) is 10.8. The van der Waals surface area contributed by atoms with Gasteiger partial charge in [-0.05, 0) is 18.2 Å². The minimum absolute atomic E-state index is 0.649. The number of ether oxygens (including phenoxy) is 2. The molecule has 0 unspecified atom stereocenters. The molecule has 0 amide bonds. The monoisotopic (exact) mass is 274 g/mol. The van der Waals surface area contributed by atoms with Crippen molar-refractivity contribution >= 4 is 17.0 Å². The quantitative estimate of drug-likeness (QED) is 0.909. The molecular formula is C14H14N2O2S.